The van der Waals surface area contributed by atoms with E-state index in [1.165, 1.54) is 12.7 Å². The molecule has 22 heavy (non-hydrogen) atoms. The summed E-state index contributed by atoms with van der Waals surface area (Å²) in [5, 5.41) is 0. The molecule has 0 amide bonds. The summed E-state index contributed by atoms with van der Waals surface area (Å²) in [5.74, 6) is 0.720. The van der Waals surface area contributed by atoms with Crippen molar-refractivity contribution in [2.75, 3.05) is 21.3 Å². The van der Waals surface area contributed by atoms with Crippen molar-refractivity contribution in [2.24, 2.45) is 0 Å². The van der Waals surface area contributed by atoms with Gasteiger partial charge in [0.1, 0.15) is 29.3 Å². The van der Waals surface area contributed by atoms with Gasteiger partial charge in [0, 0.05) is 20.0 Å². The summed E-state index contributed by atoms with van der Waals surface area (Å²) in [6.07, 6.45) is 8.14. The molecule has 0 aromatic heterocycles. The summed E-state index contributed by atoms with van der Waals surface area (Å²) >= 11 is 0. The van der Waals surface area contributed by atoms with Crippen molar-refractivity contribution in [3.8, 4) is 0 Å². The molecule has 0 fully saturated rings. The van der Waals surface area contributed by atoms with E-state index in [0.717, 1.165) is 0 Å². The molecule has 0 saturated carbocycles. The standard InChI is InChI=1S/C17H22O5/c1-11-5-7-12(8-6-11)22-17(18)13-9-15(20-3)16(21-4)10-14(13)19-2/h5-7,9,12,16H,8,10H2,1-4H3. The highest BCUT2D eigenvalue weighted by Gasteiger charge is 2.29. The second kappa shape index (κ2) is 7.31. The first-order valence-electron chi connectivity index (χ1n) is 7.20. The number of rotatable bonds is 5. The van der Waals surface area contributed by atoms with Gasteiger partial charge >= 0.3 is 5.97 Å². The van der Waals surface area contributed by atoms with Crippen LogP contribution in [0.25, 0.3) is 0 Å². The average molecular weight is 306 g/mol. The molecule has 0 heterocycles. The lowest BCUT2D eigenvalue weighted by Crippen LogP contribution is -2.25. The zero-order valence-electron chi connectivity index (χ0n) is 13.4. The molecule has 0 aromatic carbocycles. The number of esters is 1. The maximum absolute atomic E-state index is 12.4. The molecule has 0 saturated heterocycles. The fraction of sp³-hybridized carbons (Fsp3) is 0.471. The van der Waals surface area contributed by atoms with E-state index < -0.39 is 5.97 Å². The Labute approximate surface area is 130 Å². The summed E-state index contributed by atoms with van der Waals surface area (Å²) in [5.41, 5.74) is 1.55. The van der Waals surface area contributed by atoms with Gasteiger partial charge in [-0.15, -0.1) is 0 Å². The largest absolute Gasteiger partial charge is 0.500 e. The molecule has 2 unspecified atom stereocenters. The lowest BCUT2D eigenvalue weighted by molar-refractivity contribution is -0.142. The third-order valence-electron chi connectivity index (χ3n) is 3.77. The van der Waals surface area contributed by atoms with E-state index in [4.69, 9.17) is 18.9 Å². The van der Waals surface area contributed by atoms with Gasteiger partial charge in [-0.3, -0.25) is 0 Å². The predicted octanol–water partition coefficient (Wildman–Crippen LogP) is 2.65. The Morgan fingerprint density at radius 2 is 2.00 bits per heavy atom. The predicted molar refractivity (Wildman–Crippen MR) is 81.9 cm³/mol. The fourth-order valence-corrected chi connectivity index (χ4v) is 2.45. The Kier molecular flexibility index (Phi) is 5.44. The molecule has 0 aromatic rings. The minimum Gasteiger partial charge on any atom is -0.500 e. The van der Waals surface area contributed by atoms with Crippen LogP contribution < -0.4 is 0 Å². The lowest BCUT2D eigenvalue weighted by atomic mass is 10.0. The van der Waals surface area contributed by atoms with Crippen molar-refractivity contribution in [3.63, 3.8) is 0 Å². The van der Waals surface area contributed by atoms with Gasteiger partial charge in [-0.1, -0.05) is 17.7 Å². The number of hydrogen-bond donors (Lipinski definition) is 0. The summed E-state index contributed by atoms with van der Waals surface area (Å²) in [7, 11) is 4.68. The van der Waals surface area contributed by atoms with E-state index in [0.29, 0.717) is 29.9 Å². The van der Waals surface area contributed by atoms with E-state index >= 15 is 0 Å². The molecular formula is C17H22O5. The normalized spacial score (nSPS) is 24.5. The van der Waals surface area contributed by atoms with Crippen LogP contribution in [0, 0.1) is 0 Å². The fourth-order valence-electron chi connectivity index (χ4n) is 2.45. The molecule has 120 valence electrons. The van der Waals surface area contributed by atoms with Crippen LogP contribution in [0.5, 0.6) is 0 Å². The topological polar surface area (TPSA) is 54.0 Å². The van der Waals surface area contributed by atoms with Crippen molar-refractivity contribution < 1.29 is 23.7 Å². The van der Waals surface area contributed by atoms with Crippen LogP contribution in [0.15, 0.2) is 47.0 Å². The smallest absolute Gasteiger partial charge is 0.342 e. The van der Waals surface area contributed by atoms with Crippen molar-refractivity contribution in [1.29, 1.82) is 0 Å². The van der Waals surface area contributed by atoms with Gasteiger partial charge in [-0.2, -0.15) is 0 Å². The second-order valence-corrected chi connectivity index (χ2v) is 5.21. The summed E-state index contributed by atoms with van der Waals surface area (Å²) in [4.78, 5) is 12.4. The minimum absolute atomic E-state index is 0.249. The Morgan fingerprint density at radius 1 is 1.23 bits per heavy atom. The average Bonchev–Trinajstić information content (AvgIpc) is 2.55. The van der Waals surface area contributed by atoms with Gasteiger partial charge in [0.05, 0.1) is 14.2 Å². The Hall–Kier alpha value is -2.01. The zero-order valence-corrected chi connectivity index (χ0v) is 13.4. The minimum atomic E-state index is -0.413. The monoisotopic (exact) mass is 306 g/mol. The van der Waals surface area contributed by atoms with Crippen LogP contribution in [-0.2, 0) is 23.7 Å². The molecule has 2 rings (SSSR count). The number of hydrogen-bond acceptors (Lipinski definition) is 5. The van der Waals surface area contributed by atoms with E-state index in [1.54, 1.807) is 20.3 Å². The van der Waals surface area contributed by atoms with E-state index in [9.17, 15) is 4.79 Å². The van der Waals surface area contributed by atoms with Crippen molar-refractivity contribution in [3.05, 3.63) is 47.0 Å². The highest BCUT2D eigenvalue weighted by Crippen LogP contribution is 2.28. The maximum Gasteiger partial charge on any atom is 0.342 e. The molecule has 0 bridgehead atoms. The summed E-state index contributed by atoms with van der Waals surface area (Å²) in [6.45, 7) is 2.01. The number of allylic oxidation sites excluding steroid dienone is 2. The van der Waals surface area contributed by atoms with Crippen molar-refractivity contribution in [1.82, 2.24) is 0 Å². The van der Waals surface area contributed by atoms with E-state index in [2.05, 4.69) is 0 Å². The zero-order chi connectivity index (χ0) is 16.1. The van der Waals surface area contributed by atoms with Crippen LogP contribution in [-0.4, -0.2) is 39.5 Å². The van der Waals surface area contributed by atoms with Crippen LogP contribution in [0.1, 0.15) is 19.8 Å². The lowest BCUT2D eigenvalue weighted by Gasteiger charge is -2.25. The van der Waals surface area contributed by atoms with Gasteiger partial charge < -0.3 is 18.9 Å². The number of ether oxygens (including phenoxy) is 4. The maximum atomic E-state index is 12.4. The van der Waals surface area contributed by atoms with Gasteiger partial charge in [0.25, 0.3) is 0 Å². The van der Waals surface area contributed by atoms with Gasteiger partial charge in [-0.25, -0.2) is 4.79 Å². The highest BCUT2D eigenvalue weighted by molar-refractivity contribution is 5.93. The Morgan fingerprint density at radius 3 is 2.55 bits per heavy atom. The quantitative estimate of drug-likeness (QED) is 0.731. The highest BCUT2D eigenvalue weighted by atomic mass is 16.5. The van der Waals surface area contributed by atoms with Crippen LogP contribution in [0.3, 0.4) is 0 Å². The van der Waals surface area contributed by atoms with Gasteiger partial charge in [0.2, 0.25) is 0 Å². The Balaban J connectivity index is 2.14. The molecule has 2 aliphatic carbocycles. The molecule has 0 spiro atoms. The molecule has 0 radical (unpaired) electrons. The van der Waals surface area contributed by atoms with Crippen LogP contribution in [0.2, 0.25) is 0 Å². The van der Waals surface area contributed by atoms with Gasteiger partial charge in [-0.05, 0) is 19.1 Å². The first-order valence-corrected chi connectivity index (χ1v) is 7.20. The third-order valence-corrected chi connectivity index (χ3v) is 3.77. The number of carbonyl (C=O) groups excluding carboxylic acids is 1. The first-order chi connectivity index (χ1) is 10.6. The molecule has 5 heteroatoms. The molecule has 5 nitrogen and oxygen atoms in total. The molecule has 2 aliphatic rings. The summed E-state index contributed by atoms with van der Waals surface area (Å²) in [6, 6.07) is 0. The van der Waals surface area contributed by atoms with E-state index in [1.807, 2.05) is 25.2 Å². The number of methoxy groups -OCH3 is 3. The first kappa shape index (κ1) is 16.4. The summed E-state index contributed by atoms with van der Waals surface area (Å²) < 4.78 is 21.5. The van der Waals surface area contributed by atoms with Crippen LogP contribution in [0.4, 0.5) is 0 Å². The van der Waals surface area contributed by atoms with Gasteiger partial charge in [0.15, 0.2) is 0 Å². The molecule has 0 N–H and O–H groups in total. The molecule has 2 atom stereocenters. The third kappa shape index (κ3) is 3.60. The molecule has 0 aliphatic heterocycles. The molecular weight excluding hydrogens is 284 g/mol. The van der Waals surface area contributed by atoms with Crippen LogP contribution >= 0.6 is 0 Å². The van der Waals surface area contributed by atoms with Crippen molar-refractivity contribution >= 4 is 5.97 Å². The second-order valence-electron chi connectivity index (χ2n) is 5.21. The van der Waals surface area contributed by atoms with Crippen molar-refractivity contribution in [2.45, 2.75) is 32.0 Å². The number of carbonyl (C=O) groups is 1. The SMILES string of the molecule is COC1=CC(C(=O)OC2C=CC(C)=CC2)=C(OC)CC1OC. The van der Waals surface area contributed by atoms with E-state index in [-0.39, 0.29) is 12.2 Å². The Bertz CT molecular complexity index is 553.